The van der Waals surface area contributed by atoms with E-state index >= 15 is 0 Å². The number of nitrogens with zero attached hydrogens (tertiary/aromatic N) is 1. The van der Waals surface area contributed by atoms with E-state index in [0.29, 0.717) is 5.56 Å². The number of sulfonamides is 1. The van der Waals surface area contributed by atoms with Crippen LogP contribution >= 0.6 is 0 Å². The van der Waals surface area contributed by atoms with Gasteiger partial charge >= 0.3 is 0 Å². The zero-order chi connectivity index (χ0) is 15.1. The number of hydrogen-bond donors (Lipinski definition) is 2. The number of benzene rings is 1. The molecule has 21 heavy (non-hydrogen) atoms. The molecular weight excluding hydrogens is 286 g/mol. The minimum absolute atomic E-state index is 0.181. The van der Waals surface area contributed by atoms with Gasteiger partial charge in [-0.1, -0.05) is 17.9 Å². The molecule has 1 aromatic carbocycles. The summed E-state index contributed by atoms with van der Waals surface area (Å²) in [4.78, 5) is 4.07. The molecule has 108 valence electrons. The van der Waals surface area contributed by atoms with Crippen molar-refractivity contribution in [1.29, 1.82) is 0 Å². The Morgan fingerprint density at radius 1 is 1.19 bits per heavy atom. The molecule has 0 atom stereocenters. The first-order valence-corrected chi connectivity index (χ1v) is 7.78. The van der Waals surface area contributed by atoms with Crippen molar-refractivity contribution < 1.29 is 8.42 Å². The first kappa shape index (κ1) is 15.2. The van der Waals surface area contributed by atoms with Gasteiger partial charge in [-0.15, -0.1) is 0 Å². The van der Waals surface area contributed by atoms with Crippen LogP contribution < -0.4 is 10.5 Å². The van der Waals surface area contributed by atoms with Gasteiger partial charge in [-0.3, -0.25) is 4.98 Å². The fourth-order valence-corrected chi connectivity index (χ4v) is 2.72. The zero-order valence-electron chi connectivity index (χ0n) is 11.3. The maximum Gasteiger partial charge on any atom is 0.240 e. The van der Waals surface area contributed by atoms with Crippen molar-refractivity contribution in [3.05, 3.63) is 59.9 Å². The first-order chi connectivity index (χ1) is 10.1. The topological polar surface area (TPSA) is 85.1 Å². The van der Waals surface area contributed by atoms with Gasteiger partial charge in [0.05, 0.1) is 11.4 Å². The summed E-state index contributed by atoms with van der Waals surface area (Å²) in [6.07, 6.45) is 3.24. The van der Waals surface area contributed by atoms with Gasteiger partial charge in [0.25, 0.3) is 0 Å². The van der Waals surface area contributed by atoms with Gasteiger partial charge < -0.3 is 5.73 Å². The van der Waals surface area contributed by atoms with Crippen LogP contribution in [0.5, 0.6) is 0 Å². The Kier molecular flexibility index (Phi) is 5.06. The van der Waals surface area contributed by atoms with Gasteiger partial charge in [0.2, 0.25) is 10.0 Å². The van der Waals surface area contributed by atoms with E-state index in [4.69, 9.17) is 5.73 Å². The average Bonchev–Trinajstić information content (AvgIpc) is 2.52. The van der Waals surface area contributed by atoms with E-state index in [1.54, 1.807) is 36.7 Å². The van der Waals surface area contributed by atoms with Gasteiger partial charge in [0.15, 0.2) is 0 Å². The molecular formula is C15H15N3O2S. The smallest absolute Gasteiger partial charge is 0.240 e. The monoisotopic (exact) mass is 301 g/mol. The van der Waals surface area contributed by atoms with Crippen molar-refractivity contribution >= 4 is 10.0 Å². The van der Waals surface area contributed by atoms with Crippen molar-refractivity contribution in [3.8, 4) is 11.8 Å². The second-order valence-electron chi connectivity index (χ2n) is 4.21. The molecule has 1 aromatic heterocycles. The summed E-state index contributed by atoms with van der Waals surface area (Å²) >= 11 is 0. The standard InChI is InChI=1S/C15H15N3O2S/c16-8-2-4-13-3-1-5-15(11-13)21(19,20)18-12-14-6-9-17-10-7-14/h1,3,5-7,9-11,18H,8,12,16H2. The van der Waals surface area contributed by atoms with Crippen LogP contribution in [0.4, 0.5) is 0 Å². The molecule has 1 heterocycles. The van der Waals surface area contributed by atoms with Crippen LogP contribution in [0, 0.1) is 11.8 Å². The number of pyridine rings is 1. The van der Waals surface area contributed by atoms with Gasteiger partial charge in [-0.2, -0.15) is 0 Å². The summed E-state index contributed by atoms with van der Waals surface area (Å²) in [5.41, 5.74) is 6.76. The summed E-state index contributed by atoms with van der Waals surface area (Å²) in [6, 6.07) is 9.96. The highest BCUT2D eigenvalue weighted by molar-refractivity contribution is 7.89. The number of rotatable bonds is 4. The second-order valence-corrected chi connectivity index (χ2v) is 5.98. The van der Waals surface area contributed by atoms with E-state index in [2.05, 4.69) is 21.5 Å². The third-order valence-electron chi connectivity index (χ3n) is 2.69. The summed E-state index contributed by atoms with van der Waals surface area (Å²) in [7, 11) is -3.58. The summed E-state index contributed by atoms with van der Waals surface area (Å²) in [6.45, 7) is 0.445. The third-order valence-corrected chi connectivity index (χ3v) is 4.09. The molecule has 0 saturated heterocycles. The van der Waals surface area contributed by atoms with Crippen LogP contribution in [0.25, 0.3) is 0 Å². The summed E-state index contributed by atoms with van der Waals surface area (Å²) in [5, 5.41) is 0. The number of nitrogens with one attached hydrogen (secondary N) is 1. The molecule has 0 saturated carbocycles. The molecule has 0 spiro atoms. The lowest BCUT2D eigenvalue weighted by atomic mass is 10.2. The maximum atomic E-state index is 12.2. The number of hydrogen-bond acceptors (Lipinski definition) is 4. The molecule has 0 bridgehead atoms. The maximum absolute atomic E-state index is 12.2. The largest absolute Gasteiger partial charge is 0.320 e. The molecule has 6 heteroatoms. The molecule has 5 nitrogen and oxygen atoms in total. The van der Waals surface area contributed by atoms with Crippen LogP contribution in [0.3, 0.4) is 0 Å². The number of nitrogens with two attached hydrogens (primary N) is 1. The van der Waals surface area contributed by atoms with Crippen LogP contribution in [0.15, 0.2) is 53.7 Å². The summed E-state index contributed by atoms with van der Waals surface area (Å²) < 4.78 is 27.0. The van der Waals surface area contributed by atoms with Crippen LogP contribution in [0.2, 0.25) is 0 Å². The van der Waals surface area contributed by atoms with Crippen LogP contribution in [-0.2, 0) is 16.6 Å². The van der Waals surface area contributed by atoms with Gasteiger partial charge in [0, 0.05) is 24.5 Å². The Bertz CT molecular complexity index is 762. The fraction of sp³-hybridized carbons (Fsp3) is 0.133. The van der Waals surface area contributed by atoms with Crippen molar-refractivity contribution in [1.82, 2.24) is 9.71 Å². The van der Waals surface area contributed by atoms with E-state index in [-0.39, 0.29) is 18.0 Å². The van der Waals surface area contributed by atoms with E-state index in [1.807, 2.05) is 0 Å². The van der Waals surface area contributed by atoms with E-state index < -0.39 is 10.0 Å². The minimum atomic E-state index is -3.58. The van der Waals surface area contributed by atoms with E-state index in [9.17, 15) is 8.42 Å². The Morgan fingerprint density at radius 2 is 1.95 bits per heavy atom. The van der Waals surface area contributed by atoms with Crippen LogP contribution in [0.1, 0.15) is 11.1 Å². The molecule has 2 rings (SSSR count). The van der Waals surface area contributed by atoms with E-state index in [1.165, 1.54) is 12.1 Å². The normalized spacial score (nSPS) is 10.7. The van der Waals surface area contributed by atoms with Crippen molar-refractivity contribution in [2.45, 2.75) is 11.4 Å². The van der Waals surface area contributed by atoms with Crippen LogP contribution in [-0.4, -0.2) is 19.9 Å². The summed E-state index contributed by atoms with van der Waals surface area (Å²) in [5.74, 6) is 5.51. The van der Waals surface area contributed by atoms with Gasteiger partial charge in [-0.05, 0) is 35.9 Å². The lowest BCUT2D eigenvalue weighted by Crippen LogP contribution is -2.23. The van der Waals surface area contributed by atoms with Crippen molar-refractivity contribution in [3.63, 3.8) is 0 Å². The second kappa shape index (κ2) is 6.99. The highest BCUT2D eigenvalue weighted by atomic mass is 32.2. The Hall–Kier alpha value is -2.20. The molecule has 0 amide bonds. The SMILES string of the molecule is NCC#Cc1cccc(S(=O)(=O)NCc2ccncc2)c1. The van der Waals surface area contributed by atoms with Gasteiger partial charge in [-0.25, -0.2) is 13.1 Å². The average molecular weight is 301 g/mol. The molecule has 0 unspecified atom stereocenters. The van der Waals surface area contributed by atoms with Gasteiger partial charge in [0.1, 0.15) is 0 Å². The number of aromatic nitrogens is 1. The minimum Gasteiger partial charge on any atom is -0.320 e. The highest BCUT2D eigenvalue weighted by Gasteiger charge is 2.13. The highest BCUT2D eigenvalue weighted by Crippen LogP contribution is 2.11. The zero-order valence-corrected chi connectivity index (χ0v) is 12.1. The predicted octanol–water partition coefficient (Wildman–Crippen LogP) is 0.870. The molecule has 0 fully saturated rings. The molecule has 0 aliphatic heterocycles. The molecule has 3 N–H and O–H groups in total. The lowest BCUT2D eigenvalue weighted by molar-refractivity contribution is 0.581. The Balaban J connectivity index is 2.16. The quantitative estimate of drug-likeness (QED) is 0.821. The van der Waals surface area contributed by atoms with Crippen molar-refractivity contribution in [2.24, 2.45) is 5.73 Å². The lowest BCUT2D eigenvalue weighted by Gasteiger charge is -2.07. The molecule has 0 aliphatic carbocycles. The Morgan fingerprint density at radius 3 is 2.67 bits per heavy atom. The molecule has 2 aromatic rings. The first-order valence-electron chi connectivity index (χ1n) is 6.29. The fourth-order valence-electron chi connectivity index (χ4n) is 1.66. The third kappa shape index (κ3) is 4.39. The predicted molar refractivity (Wildman–Crippen MR) is 80.6 cm³/mol. The van der Waals surface area contributed by atoms with E-state index in [0.717, 1.165) is 5.56 Å². The molecule has 0 radical (unpaired) electrons. The Labute approximate surface area is 124 Å². The van der Waals surface area contributed by atoms with Crippen molar-refractivity contribution in [2.75, 3.05) is 6.54 Å². The molecule has 0 aliphatic rings.